The summed E-state index contributed by atoms with van der Waals surface area (Å²) in [6, 6.07) is 0. The molecule has 0 aromatic heterocycles. The molecule has 0 amide bonds. The first kappa shape index (κ1) is 9.27. The first-order valence-corrected chi connectivity index (χ1v) is 4.38. The van der Waals surface area contributed by atoms with Crippen LogP contribution in [0.4, 0.5) is 0 Å². The van der Waals surface area contributed by atoms with E-state index in [-0.39, 0.29) is 12.0 Å². The summed E-state index contributed by atoms with van der Waals surface area (Å²) in [5, 5.41) is 8.82. The lowest BCUT2D eigenvalue weighted by molar-refractivity contribution is 0.171. The average Bonchev–Trinajstić information content (AvgIpc) is 1.89. The molecule has 0 heterocycles. The van der Waals surface area contributed by atoms with Crippen molar-refractivity contribution < 1.29 is 5.11 Å². The van der Waals surface area contributed by atoms with Crippen molar-refractivity contribution >= 4 is 11.8 Å². The van der Waals surface area contributed by atoms with E-state index in [0.29, 0.717) is 6.54 Å². The highest BCUT2D eigenvalue weighted by Crippen LogP contribution is 2.17. The summed E-state index contributed by atoms with van der Waals surface area (Å²) in [6.45, 7) is 2.73. The summed E-state index contributed by atoms with van der Waals surface area (Å²) >= 11 is 1.72. The van der Waals surface area contributed by atoms with Gasteiger partial charge in [-0.15, -0.1) is 0 Å². The smallest absolute Gasteiger partial charge is 0.0504 e. The Kier molecular flexibility index (Phi) is 4.27. The van der Waals surface area contributed by atoms with Crippen molar-refractivity contribution in [3.8, 4) is 0 Å². The zero-order chi connectivity index (χ0) is 7.33. The molecule has 0 radical (unpaired) electrons. The van der Waals surface area contributed by atoms with Crippen molar-refractivity contribution in [1.82, 2.24) is 0 Å². The van der Waals surface area contributed by atoms with Gasteiger partial charge in [-0.3, -0.25) is 0 Å². The zero-order valence-electron chi connectivity index (χ0n) is 6.05. The fourth-order valence-corrected chi connectivity index (χ4v) is 1.42. The molecular formula is C6H15NOS. The lowest BCUT2D eigenvalue weighted by atomic mass is 9.95. The van der Waals surface area contributed by atoms with Gasteiger partial charge in [0.25, 0.3) is 0 Å². The van der Waals surface area contributed by atoms with Crippen LogP contribution in [0.3, 0.4) is 0 Å². The molecule has 1 atom stereocenters. The van der Waals surface area contributed by atoms with E-state index in [0.717, 1.165) is 5.75 Å². The lowest BCUT2D eigenvalue weighted by Gasteiger charge is -2.23. The summed E-state index contributed by atoms with van der Waals surface area (Å²) in [7, 11) is 0. The van der Waals surface area contributed by atoms with Crippen LogP contribution in [0.1, 0.15) is 6.92 Å². The Morgan fingerprint density at radius 3 is 2.33 bits per heavy atom. The first-order chi connectivity index (χ1) is 4.18. The van der Waals surface area contributed by atoms with E-state index < -0.39 is 0 Å². The number of aliphatic hydroxyl groups is 1. The van der Waals surface area contributed by atoms with Gasteiger partial charge >= 0.3 is 0 Å². The summed E-state index contributed by atoms with van der Waals surface area (Å²) in [6.07, 6.45) is 2.02. The monoisotopic (exact) mass is 149 g/mol. The fraction of sp³-hybridized carbons (Fsp3) is 1.00. The third kappa shape index (κ3) is 3.08. The molecule has 56 valence electrons. The summed E-state index contributed by atoms with van der Waals surface area (Å²) in [5.41, 5.74) is 5.36. The number of aliphatic hydroxyl groups excluding tert-OH is 1. The van der Waals surface area contributed by atoms with E-state index >= 15 is 0 Å². The number of thioether (sulfide) groups is 1. The molecule has 9 heavy (non-hydrogen) atoms. The van der Waals surface area contributed by atoms with Crippen molar-refractivity contribution in [3.05, 3.63) is 0 Å². The SMILES string of the molecule is CSCC(C)(CN)CO. The predicted molar refractivity (Wildman–Crippen MR) is 42.6 cm³/mol. The molecule has 0 rings (SSSR count). The van der Waals surface area contributed by atoms with Crippen LogP contribution in [0.25, 0.3) is 0 Å². The van der Waals surface area contributed by atoms with Gasteiger partial charge in [0.2, 0.25) is 0 Å². The molecule has 0 fully saturated rings. The summed E-state index contributed by atoms with van der Waals surface area (Å²) in [5.74, 6) is 0.931. The van der Waals surface area contributed by atoms with E-state index in [9.17, 15) is 0 Å². The first-order valence-electron chi connectivity index (χ1n) is 2.98. The van der Waals surface area contributed by atoms with Gasteiger partial charge in [0, 0.05) is 17.7 Å². The number of hydrogen-bond acceptors (Lipinski definition) is 3. The van der Waals surface area contributed by atoms with Crippen LogP contribution in [-0.4, -0.2) is 30.3 Å². The van der Waals surface area contributed by atoms with Crippen LogP contribution in [0.2, 0.25) is 0 Å². The maximum Gasteiger partial charge on any atom is 0.0504 e. The van der Waals surface area contributed by atoms with Crippen LogP contribution in [0, 0.1) is 5.41 Å². The van der Waals surface area contributed by atoms with E-state index in [1.54, 1.807) is 11.8 Å². The molecule has 0 aliphatic heterocycles. The van der Waals surface area contributed by atoms with E-state index in [4.69, 9.17) is 10.8 Å². The third-order valence-corrected chi connectivity index (χ3v) is 2.35. The van der Waals surface area contributed by atoms with Crippen LogP contribution >= 0.6 is 11.8 Å². The summed E-state index contributed by atoms with van der Waals surface area (Å²) < 4.78 is 0. The maximum atomic E-state index is 8.82. The molecule has 0 saturated carbocycles. The molecule has 0 aliphatic rings. The topological polar surface area (TPSA) is 46.2 Å². The van der Waals surface area contributed by atoms with Crippen molar-refractivity contribution in [2.24, 2.45) is 11.1 Å². The van der Waals surface area contributed by atoms with Crippen molar-refractivity contribution in [1.29, 1.82) is 0 Å². The second kappa shape index (κ2) is 4.14. The Morgan fingerprint density at radius 2 is 2.22 bits per heavy atom. The van der Waals surface area contributed by atoms with Gasteiger partial charge in [-0.2, -0.15) is 11.8 Å². The van der Waals surface area contributed by atoms with Gasteiger partial charge < -0.3 is 10.8 Å². The quantitative estimate of drug-likeness (QED) is 0.604. The Hall–Kier alpha value is 0.270. The number of nitrogens with two attached hydrogens (primary N) is 1. The van der Waals surface area contributed by atoms with E-state index in [1.807, 2.05) is 13.2 Å². The van der Waals surface area contributed by atoms with Crippen LogP contribution in [0.5, 0.6) is 0 Å². The Bertz CT molecular complexity index is 73.5. The van der Waals surface area contributed by atoms with Gasteiger partial charge in [0.15, 0.2) is 0 Å². The van der Waals surface area contributed by atoms with Crippen molar-refractivity contribution in [2.45, 2.75) is 6.92 Å². The molecule has 0 bridgehead atoms. The van der Waals surface area contributed by atoms with Crippen LogP contribution < -0.4 is 5.73 Å². The minimum atomic E-state index is -0.0700. The Labute approximate surface area is 60.8 Å². The van der Waals surface area contributed by atoms with E-state index in [1.165, 1.54) is 0 Å². The van der Waals surface area contributed by atoms with Gasteiger partial charge in [0.1, 0.15) is 0 Å². The molecule has 0 aromatic rings. The van der Waals surface area contributed by atoms with Crippen molar-refractivity contribution in [2.75, 3.05) is 25.2 Å². The minimum absolute atomic E-state index is 0.0700. The highest BCUT2D eigenvalue weighted by molar-refractivity contribution is 7.98. The summed E-state index contributed by atoms with van der Waals surface area (Å²) in [4.78, 5) is 0. The van der Waals surface area contributed by atoms with Gasteiger partial charge in [-0.1, -0.05) is 6.92 Å². The van der Waals surface area contributed by atoms with Crippen LogP contribution in [-0.2, 0) is 0 Å². The van der Waals surface area contributed by atoms with E-state index in [2.05, 4.69) is 0 Å². The molecule has 0 saturated heterocycles. The fourth-order valence-electron chi connectivity index (χ4n) is 0.518. The van der Waals surface area contributed by atoms with Crippen LogP contribution in [0.15, 0.2) is 0 Å². The highest BCUT2D eigenvalue weighted by atomic mass is 32.2. The van der Waals surface area contributed by atoms with Gasteiger partial charge in [-0.05, 0) is 6.26 Å². The number of hydrogen-bond donors (Lipinski definition) is 2. The highest BCUT2D eigenvalue weighted by Gasteiger charge is 2.19. The Balaban J connectivity index is 3.62. The minimum Gasteiger partial charge on any atom is -0.396 e. The molecule has 2 nitrogen and oxygen atoms in total. The number of rotatable bonds is 4. The Morgan fingerprint density at radius 1 is 1.67 bits per heavy atom. The molecule has 0 aromatic carbocycles. The largest absolute Gasteiger partial charge is 0.396 e. The lowest BCUT2D eigenvalue weighted by Crippen LogP contribution is -2.33. The molecule has 0 aliphatic carbocycles. The van der Waals surface area contributed by atoms with Crippen molar-refractivity contribution in [3.63, 3.8) is 0 Å². The predicted octanol–water partition coefficient (Wildman–Crippen LogP) is 0.307. The van der Waals surface area contributed by atoms with Gasteiger partial charge in [0.05, 0.1) is 6.61 Å². The average molecular weight is 149 g/mol. The molecule has 0 spiro atoms. The normalized spacial score (nSPS) is 17.3. The standard InChI is InChI=1S/C6H15NOS/c1-6(3-7,4-8)5-9-2/h8H,3-5,7H2,1-2H3. The van der Waals surface area contributed by atoms with Gasteiger partial charge in [-0.25, -0.2) is 0 Å². The maximum absolute atomic E-state index is 8.82. The molecule has 3 N–H and O–H groups in total. The second-order valence-corrected chi connectivity index (χ2v) is 3.47. The third-order valence-electron chi connectivity index (χ3n) is 1.37. The molecular weight excluding hydrogens is 134 g/mol. The second-order valence-electron chi connectivity index (χ2n) is 2.61. The molecule has 3 heteroatoms. The molecule has 1 unspecified atom stereocenters. The zero-order valence-corrected chi connectivity index (χ0v) is 6.87.